The largest absolute Gasteiger partial charge is 0.367 e. The molecule has 1 saturated heterocycles. The monoisotopic (exact) mass is 323 g/mol. The van der Waals surface area contributed by atoms with E-state index in [2.05, 4.69) is 20.6 Å². The maximum atomic E-state index is 12.3. The maximum absolute atomic E-state index is 12.3. The molecule has 0 aliphatic carbocycles. The van der Waals surface area contributed by atoms with Crippen molar-refractivity contribution in [1.82, 2.24) is 25.5 Å². The number of hydrogen-bond acceptors (Lipinski definition) is 7. The van der Waals surface area contributed by atoms with Crippen molar-refractivity contribution in [3.05, 3.63) is 36.2 Å². The summed E-state index contributed by atoms with van der Waals surface area (Å²) in [5, 5.41) is 13.7. The SMILES string of the molecule is O=S(=O)(CCN1CCOC(c2nn[nH]n2)C1)c1ccccc1. The first-order chi connectivity index (χ1) is 10.6. The number of nitrogens with one attached hydrogen (secondary N) is 1. The van der Waals surface area contributed by atoms with Crippen molar-refractivity contribution in [2.24, 2.45) is 0 Å². The molecule has 0 amide bonds. The van der Waals surface area contributed by atoms with Gasteiger partial charge in [0.05, 0.1) is 17.3 Å². The lowest BCUT2D eigenvalue weighted by Gasteiger charge is -2.31. The molecule has 3 rings (SSSR count). The number of ether oxygens (including phenoxy) is 1. The molecule has 9 heteroatoms. The third kappa shape index (κ3) is 3.49. The van der Waals surface area contributed by atoms with Crippen LogP contribution in [0.2, 0.25) is 0 Å². The predicted molar refractivity (Wildman–Crippen MR) is 77.8 cm³/mol. The predicted octanol–water partition coefficient (Wildman–Crippen LogP) is 0.0469. The van der Waals surface area contributed by atoms with E-state index in [9.17, 15) is 8.42 Å². The molecule has 1 fully saturated rings. The van der Waals surface area contributed by atoms with Gasteiger partial charge in [-0.05, 0) is 12.1 Å². The third-order valence-corrected chi connectivity index (χ3v) is 5.29. The summed E-state index contributed by atoms with van der Waals surface area (Å²) < 4.78 is 30.2. The molecule has 1 aromatic carbocycles. The Hall–Kier alpha value is -1.84. The van der Waals surface area contributed by atoms with Crippen molar-refractivity contribution in [2.75, 3.05) is 32.0 Å². The zero-order valence-corrected chi connectivity index (χ0v) is 12.7. The van der Waals surface area contributed by atoms with E-state index < -0.39 is 9.84 Å². The highest BCUT2D eigenvalue weighted by molar-refractivity contribution is 7.91. The summed E-state index contributed by atoms with van der Waals surface area (Å²) in [6.45, 7) is 2.22. The van der Waals surface area contributed by atoms with Crippen LogP contribution in [0.3, 0.4) is 0 Å². The first-order valence-electron chi connectivity index (χ1n) is 7.00. The summed E-state index contributed by atoms with van der Waals surface area (Å²) in [5.41, 5.74) is 0. The van der Waals surface area contributed by atoms with Crippen molar-refractivity contribution in [3.63, 3.8) is 0 Å². The van der Waals surface area contributed by atoms with Crippen molar-refractivity contribution in [3.8, 4) is 0 Å². The number of hydrogen-bond donors (Lipinski definition) is 1. The second-order valence-corrected chi connectivity index (χ2v) is 7.17. The molecular formula is C13H17N5O3S. The van der Waals surface area contributed by atoms with Crippen LogP contribution < -0.4 is 0 Å². The van der Waals surface area contributed by atoms with Gasteiger partial charge in [0, 0.05) is 19.6 Å². The zero-order chi connectivity index (χ0) is 15.4. The molecule has 0 radical (unpaired) electrons. The van der Waals surface area contributed by atoms with Gasteiger partial charge >= 0.3 is 0 Å². The van der Waals surface area contributed by atoms with Crippen LogP contribution in [0.15, 0.2) is 35.2 Å². The van der Waals surface area contributed by atoms with Gasteiger partial charge in [0.25, 0.3) is 0 Å². The molecule has 0 spiro atoms. The number of benzene rings is 1. The highest BCUT2D eigenvalue weighted by Gasteiger charge is 2.26. The van der Waals surface area contributed by atoms with Gasteiger partial charge in [0.15, 0.2) is 9.84 Å². The van der Waals surface area contributed by atoms with Crippen molar-refractivity contribution in [1.29, 1.82) is 0 Å². The van der Waals surface area contributed by atoms with E-state index >= 15 is 0 Å². The number of sulfone groups is 1. The summed E-state index contributed by atoms with van der Waals surface area (Å²) in [5.74, 6) is 0.575. The molecule has 2 aromatic rings. The number of tetrazole rings is 1. The molecule has 0 bridgehead atoms. The molecule has 8 nitrogen and oxygen atoms in total. The van der Waals surface area contributed by atoms with E-state index in [4.69, 9.17) is 4.74 Å². The molecule has 1 aliphatic rings. The van der Waals surface area contributed by atoms with E-state index in [1.807, 2.05) is 4.90 Å². The standard InChI is InChI=1S/C13H17N5O3S/c19-22(20,11-4-2-1-3-5-11)9-7-18-6-8-21-12(10-18)13-14-16-17-15-13/h1-5,12H,6-10H2,(H,14,15,16,17). The fourth-order valence-electron chi connectivity index (χ4n) is 2.36. The van der Waals surface area contributed by atoms with Crippen LogP contribution in [0, 0.1) is 0 Å². The van der Waals surface area contributed by atoms with E-state index in [0.29, 0.717) is 37.0 Å². The lowest BCUT2D eigenvalue weighted by atomic mass is 10.2. The Bertz CT molecular complexity index is 690. The first-order valence-corrected chi connectivity index (χ1v) is 8.65. The van der Waals surface area contributed by atoms with Gasteiger partial charge < -0.3 is 4.74 Å². The highest BCUT2D eigenvalue weighted by atomic mass is 32.2. The quantitative estimate of drug-likeness (QED) is 0.829. The third-order valence-electron chi connectivity index (χ3n) is 3.58. The van der Waals surface area contributed by atoms with Crippen LogP contribution in [0.4, 0.5) is 0 Å². The van der Waals surface area contributed by atoms with Crippen LogP contribution in [0.1, 0.15) is 11.9 Å². The summed E-state index contributed by atoms with van der Waals surface area (Å²) in [4.78, 5) is 2.41. The van der Waals surface area contributed by atoms with Crippen molar-refractivity contribution >= 4 is 9.84 Å². The van der Waals surface area contributed by atoms with Gasteiger partial charge in [0.2, 0.25) is 5.82 Å². The minimum atomic E-state index is -3.26. The summed E-state index contributed by atoms with van der Waals surface area (Å²) in [7, 11) is -3.26. The fourth-order valence-corrected chi connectivity index (χ4v) is 3.67. The first kappa shape index (κ1) is 15.1. The summed E-state index contributed by atoms with van der Waals surface area (Å²) >= 11 is 0. The van der Waals surface area contributed by atoms with Crippen LogP contribution in [0.25, 0.3) is 0 Å². The Balaban J connectivity index is 1.59. The normalized spacial score (nSPS) is 20.1. The van der Waals surface area contributed by atoms with E-state index in [0.717, 1.165) is 0 Å². The summed E-state index contributed by atoms with van der Waals surface area (Å²) in [6.07, 6.45) is -0.271. The van der Waals surface area contributed by atoms with Crippen LogP contribution in [0.5, 0.6) is 0 Å². The summed E-state index contributed by atoms with van der Waals surface area (Å²) in [6, 6.07) is 8.51. The smallest absolute Gasteiger partial charge is 0.204 e. The van der Waals surface area contributed by atoms with E-state index in [-0.39, 0.29) is 11.9 Å². The van der Waals surface area contributed by atoms with Gasteiger partial charge in [-0.3, -0.25) is 4.90 Å². The number of aromatic amines is 1. The van der Waals surface area contributed by atoms with Crippen molar-refractivity contribution in [2.45, 2.75) is 11.0 Å². The lowest BCUT2D eigenvalue weighted by Crippen LogP contribution is -2.41. The van der Waals surface area contributed by atoms with Gasteiger partial charge in [-0.2, -0.15) is 5.21 Å². The second-order valence-electron chi connectivity index (χ2n) is 5.06. The van der Waals surface area contributed by atoms with E-state index in [1.54, 1.807) is 30.3 Å². The van der Waals surface area contributed by atoms with Crippen LogP contribution >= 0.6 is 0 Å². The van der Waals surface area contributed by atoms with Gasteiger partial charge in [-0.15, -0.1) is 10.2 Å². The highest BCUT2D eigenvalue weighted by Crippen LogP contribution is 2.18. The molecule has 1 N–H and O–H groups in total. The minimum absolute atomic E-state index is 0.0793. The Morgan fingerprint density at radius 1 is 1.32 bits per heavy atom. The Kier molecular flexibility index (Phi) is 4.46. The van der Waals surface area contributed by atoms with Crippen LogP contribution in [-0.4, -0.2) is 65.9 Å². The van der Waals surface area contributed by atoms with Gasteiger partial charge in [-0.25, -0.2) is 8.42 Å². The Morgan fingerprint density at radius 2 is 2.14 bits per heavy atom. The Morgan fingerprint density at radius 3 is 2.86 bits per heavy atom. The molecule has 0 saturated carbocycles. The average Bonchev–Trinajstić information content (AvgIpc) is 3.09. The zero-order valence-electron chi connectivity index (χ0n) is 11.9. The molecule has 118 valence electrons. The Labute approximate surface area is 128 Å². The number of rotatable bonds is 5. The van der Waals surface area contributed by atoms with Crippen molar-refractivity contribution < 1.29 is 13.2 Å². The van der Waals surface area contributed by atoms with Gasteiger partial charge in [-0.1, -0.05) is 23.4 Å². The van der Waals surface area contributed by atoms with Crippen LogP contribution in [-0.2, 0) is 14.6 Å². The minimum Gasteiger partial charge on any atom is -0.367 e. The molecule has 1 aromatic heterocycles. The number of nitrogens with zero attached hydrogens (tertiary/aromatic N) is 4. The molecule has 2 heterocycles. The average molecular weight is 323 g/mol. The second kappa shape index (κ2) is 6.51. The van der Waals surface area contributed by atoms with E-state index in [1.165, 1.54) is 0 Å². The molecule has 1 aliphatic heterocycles. The van der Waals surface area contributed by atoms with Gasteiger partial charge in [0.1, 0.15) is 6.10 Å². The molecular weight excluding hydrogens is 306 g/mol. The topological polar surface area (TPSA) is 101 Å². The number of morpholine rings is 1. The molecule has 1 atom stereocenters. The lowest BCUT2D eigenvalue weighted by molar-refractivity contribution is -0.0323. The maximum Gasteiger partial charge on any atom is 0.204 e. The number of aromatic nitrogens is 4. The molecule has 1 unspecified atom stereocenters. The number of H-pyrrole nitrogens is 1. The fraction of sp³-hybridized carbons (Fsp3) is 0.462. The molecule has 22 heavy (non-hydrogen) atoms.